The Morgan fingerprint density at radius 2 is 2.00 bits per heavy atom. The minimum absolute atomic E-state index is 0.171. The van der Waals surface area contributed by atoms with Crippen LogP contribution in [-0.2, 0) is 6.42 Å². The molecule has 3 rings (SSSR count). The van der Waals surface area contributed by atoms with Crippen molar-refractivity contribution in [2.24, 2.45) is 5.73 Å². The molecule has 3 heteroatoms. The summed E-state index contributed by atoms with van der Waals surface area (Å²) in [7, 11) is 0. The van der Waals surface area contributed by atoms with Gasteiger partial charge in [-0.15, -0.1) is 0 Å². The standard InChI is InChI=1S/C15H14FNO/c16-13-6-3-4-10-8-11(9-17)12-5-1-2-7-14(12)18-15(10)13/h1-7,11H,8-9,17H2/t11-/m0/s1. The van der Waals surface area contributed by atoms with Gasteiger partial charge in [-0.1, -0.05) is 30.3 Å². The van der Waals surface area contributed by atoms with Crippen molar-refractivity contribution >= 4 is 0 Å². The molecule has 18 heavy (non-hydrogen) atoms. The highest BCUT2D eigenvalue weighted by atomic mass is 19.1. The van der Waals surface area contributed by atoms with Gasteiger partial charge >= 0.3 is 0 Å². The SMILES string of the molecule is NC[C@@H]1Cc2cccc(F)c2Oc2ccccc21. The largest absolute Gasteiger partial charge is 0.454 e. The van der Waals surface area contributed by atoms with Crippen LogP contribution in [-0.4, -0.2) is 6.54 Å². The molecule has 0 fully saturated rings. The Balaban J connectivity index is 2.17. The third-order valence-corrected chi connectivity index (χ3v) is 3.37. The van der Waals surface area contributed by atoms with Gasteiger partial charge in [-0.25, -0.2) is 4.39 Å². The van der Waals surface area contributed by atoms with E-state index in [0.29, 0.717) is 24.5 Å². The predicted molar refractivity (Wildman–Crippen MR) is 68.4 cm³/mol. The molecule has 92 valence electrons. The summed E-state index contributed by atoms with van der Waals surface area (Å²) in [5.41, 5.74) is 7.76. The van der Waals surface area contributed by atoms with Gasteiger partial charge < -0.3 is 10.5 Å². The molecule has 1 aliphatic heterocycles. The molecule has 0 saturated carbocycles. The minimum Gasteiger partial charge on any atom is -0.454 e. The number of ether oxygens (including phenoxy) is 1. The highest BCUT2D eigenvalue weighted by Gasteiger charge is 2.23. The van der Waals surface area contributed by atoms with Gasteiger partial charge in [0, 0.05) is 5.92 Å². The van der Waals surface area contributed by atoms with Crippen LogP contribution in [0.15, 0.2) is 42.5 Å². The summed E-state index contributed by atoms with van der Waals surface area (Å²) < 4.78 is 19.6. The number of hydrogen-bond acceptors (Lipinski definition) is 2. The molecule has 0 unspecified atom stereocenters. The molecule has 0 saturated heterocycles. The molecule has 0 aliphatic carbocycles. The number of para-hydroxylation sites is 2. The maximum atomic E-state index is 13.8. The van der Waals surface area contributed by atoms with Crippen molar-refractivity contribution in [3.63, 3.8) is 0 Å². The molecule has 2 nitrogen and oxygen atoms in total. The van der Waals surface area contributed by atoms with Crippen LogP contribution in [0.3, 0.4) is 0 Å². The third-order valence-electron chi connectivity index (χ3n) is 3.37. The van der Waals surface area contributed by atoms with Crippen molar-refractivity contribution in [1.82, 2.24) is 0 Å². The van der Waals surface area contributed by atoms with E-state index in [1.165, 1.54) is 6.07 Å². The average Bonchev–Trinajstić information content (AvgIpc) is 2.56. The Hall–Kier alpha value is -1.87. The summed E-state index contributed by atoms with van der Waals surface area (Å²) >= 11 is 0. The van der Waals surface area contributed by atoms with E-state index in [1.807, 2.05) is 30.3 Å². The van der Waals surface area contributed by atoms with E-state index in [2.05, 4.69) is 0 Å². The van der Waals surface area contributed by atoms with E-state index < -0.39 is 0 Å². The number of benzene rings is 2. The number of hydrogen-bond donors (Lipinski definition) is 1. The molecule has 0 spiro atoms. The lowest BCUT2D eigenvalue weighted by Gasteiger charge is -2.13. The van der Waals surface area contributed by atoms with Crippen LogP contribution in [0.1, 0.15) is 17.0 Å². The molecule has 0 bridgehead atoms. The van der Waals surface area contributed by atoms with E-state index in [9.17, 15) is 4.39 Å². The van der Waals surface area contributed by atoms with Gasteiger partial charge in [-0.05, 0) is 36.2 Å². The van der Waals surface area contributed by atoms with Crippen molar-refractivity contribution in [1.29, 1.82) is 0 Å². The van der Waals surface area contributed by atoms with E-state index >= 15 is 0 Å². The molecule has 1 heterocycles. The summed E-state index contributed by atoms with van der Waals surface area (Å²) in [5, 5.41) is 0. The van der Waals surface area contributed by atoms with Gasteiger partial charge in [0.25, 0.3) is 0 Å². The summed E-state index contributed by atoms with van der Waals surface area (Å²) in [6.07, 6.45) is 0.709. The quantitative estimate of drug-likeness (QED) is 0.834. The normalized spacial score (nSPS) is 17.3. The zero-order valence-electron chi connectivity index (χ0n) is 9.90. The maximum absolute atomic E-state index is 13.8. The highest BCUT2D eigenvalue weighted by Crippen LogP contribution is 2.39. The predicted octanol–water partition coefficient (Wildman–Crippen LogP) is 3.22. The maximum Gasteiger partial charge on any atom is 0.166 e. The Bertz CT molecular complexity index is 582. The molecule has 2 aromatic carbocycles. The third kappa shape index (κ3) is 1.77. The Morgan fingerprint density at radius 1 is 1.17 bits per heavy atom. The van der Waals surface area contributed by atoms with Crippen LogP contribution >= 0.6 is 0 Å². The lowest BCUT2D eigenvalue weighted by atomic mass is 9.92. The molecule has 1 aliphatic rings. The first-order chi connectivity index (χ1) is 8.79. The van der Waals surface area contributed by atoms with Gasteiger partial charge in [0.2, 0.25) is 0 Å². The molecule has 2 aromatic rings. The first-order valence-corrected chi connectivity index (χ1v) is 6.04. The number of halogens is 1. The topological polar surface area (TPSA) is 35.2 Å². The van der Waals surface area contributed by atoms with Crippen molar-refractivity contribution in [3.05, 3.63) is 59.4 Å². The summed E-state index contributed by atoms with van der Waals surface area (Å²) in [6, 6.07) is 12.7. The Kier molecular flexibility index (Phi) is 2.76. The lowest BCUT2D eigenvalue weighted by Crippen LogP contribution is -2.14. The van der Waals surface area contributed by atoms with Gasteiger partial charge in [-0.3, -0.25) is 0 Å². The smallest absolute Gasteiger partial charge is 0.166 e. The van der Waals surface area contributed by atoms with E-state index in [4.69, 9.17) is 10.5 Å². The number of fused-ring (bicyclic) bond motifs is 2. The van der Waals surface area contributed by atoms with Gasteiger partial charge in [0.15, 0.2) is 11.6 Å². The molecule has 0 radical (unpaired) electrons. The van der Waals surface area contributed by atoms with Crippen molar-refractivity contribution < 1.29 is 9.13 Å². The first kappa shape index (κ1) is 11.2. The van der Waals surface area contributed by atoms with E-state index in [-0.39, 0.29) is 11.7 Å². The highest BCUT2D eigenvalue weighted by molar-refractivity contribution is 5.47. The fourth-order valence-electron chi connectivity index (χ4n) is 2.43. The van der Waals surface area contributed by atoms with Crippen LogP contribution in [0, 0.1) is 5.82 Å². The van der Waals surface area contributed by atoms with Gasteiger partial charge in [-0.2, -0.15) is 0 Å². The summed E-state index contributed by atoms with van der Waals surface area (Å²) in [5.74, 6) is 0.891. The molecule has 2 N–H and O–H groups in total. The first-order valence-electron chi connectivity index (χ1n) is 6.04. The minimum atomic E-state index is -0.319. The molecule has 1 atom stereocenters. The van der Waals surface area contributed by atoms with Crippen LogP contribution in [0.5, 0.6) is 11.5 Å². The fourth-order valence-corrected chi connectivity index (χ4v) is 2.43. The van der Waals surface area contributed by atoms with Crippen molar-refractivity contribution in [2.45, 2.75) is 12.3 Å². The molecular weight excluding hydrogens is 229 g/mol. The van der Waals surface area contributed by atoms with Crippen molar-refractivity contribution in [2.75, 3.05) is 6.54 Å². The van der Waals surface area contributed by atoms with Crippen LogP contribution in [0.4, 0.5) is 4.39 Å². The molecular formula is C15H14FNO. The number of nitrogens with two attached hydrogens (primary N) is 1. The summed E-state index contributed by atoms with van der Waals surface area (Å²) in [6.45, 7) is 0.524. The van der Waals surface area contributed by atoms with Gasteiger partial charge in [0.05, 0.1) is 0 Å². The van der Waals surface area contributed by atoms with E-state index in [1.54, 1.807) is 6.07 Å². The Morgan fingerprint density at radius 3 is 2.83 bits per heavy atom. The second-order valence-electron chi connectivity index (χ2n) is 4.50. The molecule has 0 amide bonds. The van der Waals surface area contributed by atoms with Crippen LogP contribution in [0.2, 0.25) is 0 Å². The number of rotatable bonds is 1. The zero-order chi connectivity index (χ0) is 12.5. The summed E-state index contributed by atoms with van der Waals surface area (Å²) in [4.78, 5) is 0. The molecule has 0 aromatic heterocycles. The zero-order valence-corrected chi connectivity index (χ0v) is 9.90. The van der Waals surface area contributed by atoms with Gasteiger partial charge in [0.1, 0.15) is 5.75 Å². The second-order valence-corrected chi connectivity index (χ2v) is 4.50. The van der Waals surface area contributed by atoms with Crippen molar-refractivity contribution in [3.8, 4) is 11.5 Å². The van der Waals surface area contributed by atoms with Crippen LogP contribution in [0.25, 0.3) is 0 Å². The fraction of sp³-hybridized carbons (Fsp3) is 0.200. The Labute approximate surface area is 105 Å². The average molecular weight is 243 g/mol. The second kappa shape index (κ2) is 4.42. The van der Waals surface area contributed by atoms with E-state index in [0.717, 1.165) is 11.1 Å². The van der Waals surface area contributed by atoms with Crippen LogP contribution < -0.4 is 10.5 Å². The lowest BCUT2D eigenvalue weighted by molar-refractivity contribution is 0.439. The monoisotopic (exact) mass is 243 g/mol.